The molecule has 1 heterocycles. The van der Waals surface area contributed by atoms with Crippen LogP contribution in [0, 0.1) is 0 Å². The first kappa shape index (κ1) is 19.0. The summed E-state index contributed by atoms with van der Waals surface area (Å²) >= 11 is 0. The van der Waals surface area contributed by atoms with Gasteiger partial charge in [0.2, 0.25) is 0 Å². The quantitative estimate of drug-likeness (QED) is 0.705. The van der Waals surface area contributed by atoms with Crippen LogP contribution in [-0.4, -0.2) is 44.4 Å². The molecule has 0 unspecified atom stereocenters. The number of benzene rings is 1. The molecule has 0 bridgehead atoms. The summed E-state index contributed by atoms with van der Waals surface area (Å²) in [6.45, 7) is 12.0. The van der Waals surface area contributed by atoms with Crippen molar-refractivity contribution in [1.29, 1.82) is 0 Å². The predicted molar refractivity (Wildman–Crippen MR) is 99.3 cm³/mol. The molecule has 0 spiro atoms. The van der Waals surface area contributed by atoms with Gasteiger partial charge in [-0.3, -0.25) is 0 Å². The molecule has 0 aromatic heterocycles. The number of rotatable bonds is 7. The molecule has 0 N–H and O–H groups in total. The standard InChI is InChI=1S/C18H28N2O3S/c1-6-19(7-2)23-24(21,22)14-15-13-18(4,5)20(8-3)17-12-10-9-11-16(15)17/h9-13H,6-8,14H2,1-5H3. The largest absolute Gasteiger partial charge is 0.363 e. The van der Waals surface area contributed by atoms with E-state index in [4.69, 9.17) is 4.28 Å². The fraction of sp³-hybridized carbons (Fsp3) is 0.556. The second kappa shape index (κ2) is 7.25. The topological polar surface area (TPSA) is 49.9 Å². The summed E-state index contributed by atoms with van der Waals surface area (Å²) in [7, 11) is -3.68. The van der Waals surface area contributed by atoms with Crippen molar-refractivity contribution in [3.63, 3.8) is 0 Å². The lowest BCUT2D eigenvalue weighted by molar-refractivity contribution is -0.0408. The maximum atomic E-state index is 12.5. The van der Waals surface area contributed by atoms with Crippen molar-refractivity contribution in [3.8, 4) is 0 Å². The summed E-state index contributed by atoms with van der Waals surface area (Å²) in [6.07, 6.45) is 2.04. The van der Waals surface area contributed by atoms with Crippen molar-refractivity contribution in [1.82, 2.24) is 5.06 Å². The lowest BCUT2D eigenvalue weighted by Gasteiger charge is -2.43. The van der Waals surface area contributed by atoms with Gasteiger partial charge < -0.3 is 4.90 Å². The molecule has 1 aromatic rings. The molecule has 0 radical (unpaired) electrons. The van der Waals surface area contributed by atoms with Crippen LogP contribution in [-0.2, 0) is 14.4 Å². The van der Waals surface area contributed by atoms with Crippen molar-refractivity contribution < 1.29 is 12.7 Å². The predicted octanol–water partition coefficient (Wildman–Crippen LogP) is 3.29. The number of hydrogen-bond donors (Lipinski definition) is 0. The molecule has 1 aliphatic heterocycles. The first-order valence-electron chi connectivity index (χ1n) is 8.50. The first-order valence-corrected chi connectivity index (χ1v) is 10.1. The lowest BCUT2D eigenvalue weighted by atomic mass is 9.89. The van der Waals surface area contributed by atoms with E-state index in [9.17, 15) is 8.42 Å². The summed E-state index contributed by atoms with van der Waals surface area (Å²) < 4.78 is 30.2. The van der Waals surface area contributed by atoms with Crippen LogP contribution in [0.2, 0.25) is 0 Å². The molecule has 5 nitrogen and oxygen atoms in total. The highest BCUT2D eigenvalue weighted by Gasteiger charge is 2.33. The maximum absolute atomic E-state index is 12.5. The highest BCUT2D eigenvalue weighted by atomic mass is 32.2. The Balaban J connectivity index is 2.38. The van der Waals surface area contributed by atoms with E-state index in [2.05, 4.69) is 25.7 Å². The van der Waals surface area contributed by atoms with Gasteiger partial charge in [0, 0.05) is 30.9 Å². The van der Waals surface area contributed by atoms with Gasteiger partial charge in [-0.1, -0.05) is 38.1 Å². The molecule has 0 saturated heterocycles. The van der Waals surface area contributed by atoms with Gasteiger partial charge in [0.25, 0.3) is 10.1 Å². The van der Waals surface area contributed by atoms with Crippen molar-refractivity contribution in [2.24, 2.45) is 0 Å². The van der Waals surface area contributed by atoms with Gasteiger partial charge in [0.1, 0.15) is 5.75 Å². The number of likely N-dealkylation sites (N-methyl/N-ethyl adjacent to an activating group) is 1. The number of hydroxylamine groups is 2. The fourth-order valence-electron chi connectivity index (χ4n) is 3.28. The normalized spacial score (nSPS) is 16.9. The number of para-hydroxylation sites is 1. The van der Waals surface area contributed by atoms with E-state index in [0.717, 1.165) is 23.4 Å². The Morgan fingerprint density at radius 2 is 1.75 bits per heavy atom. The van der Waals surface area contributed by atoms with Crippen LogP contribution < -0.4 is 4.90 Å². The minimum absolute atomic E-state index is 0.124. The zero-order valence-electron chi connectivity index (χ0n) is 15.2. The van der Waals surface area contributed by atoms with Crippen molar-refractivity contribution >= 4 is 21.4 Å². The number of nitrogens with zero attached hydrogens (tertiary/aromatic N) is 2. The van der Waals surface area contributed by atoms with Crippen LogP contribution in [0.5, 0.6) is 0 Å². The van der Waals surface area contributed by atoms with Crippen LogP contribution in [0.3, 0.4) is 0 Å². The van der Waals surface area contributed by atoms with Gasteiger partial charge in [-0.2, -0.15) is 17.8 Å². The minimum atomic E-state index is -3.68. The molecule has 0 amide bonds. The van der Waals surface area contributed by atoms with Crippen LogP contribution in [0.25, 0.3) is 5.57 Å². The van der Waals surface area contributed by atoms with Gasteiger partial charge in [0.05, 0.1) is 5.54 Å². The Bertz CT molecular complexity index is 707. The van der Waals surface area contributed by atoms with E-state index in [-0.39, 0.29) is 11.3 Å². The minimum Gasteiger partial charge on any atom is -0.363 e. The van der Waals surface area contributed by atoms with Gasteiger partial charge >= 0.3 is 0 Å². The average Bonchev–Trinajstić information content (AvgIpc) is 2.51. The van der Waals surface area contributed by atoms with Crippen LogP contribution in [0.4, 0.5) is 5.69 Å². The molecule has 0 saturated carbocycles. The van der Waals surface area contributed by atoms with E-state index < -0.39 is 10.1 Å². The SMILES string of the molecule is CCN(CC)OS(=O)(=O)CC1=CC(C)(C)N(CC)c2ccccc21. The van der Waals surface area contributed by atoms with Gasteiger partial charge in [-0.15, -0.1) is 0 Å². The molecule has 24 heavy (non-hydrogen) atoms. The molecule has 2 rings (SSSR count). The van der Waals surface area contributed by atoms with Crippen LogP contribution >= 0.6 is 0 Å². The Morgan fingerprint density at radius 1 is 1.12 bits per heavy atom. The molecular formula is C18H28N2O3S. The highest BCUT2D eigenvalue weighted by molar-refractivity contribution is 7.87. The molecular weight excluding hydrogens is 324 g/mol. The first-order chi connectivity index (χ1) is 11.2. The number of hydrogen-bond acceptors (Lipinski definition) is 5. The van der Waals surface area contributed by atoms with E-state index in [1.165, 1.54) is 5.06 Å². The van der Waals surface area contributed by atoms with Crippen molar-refractivity contribution in [2.75, 3.05) is 30.3 Å². The van der Waals surface area contributed by atoms with Crippen molar-refractivity contribution in [2.45, 2.75) is 40.2 Å². The Hall–Kier alpha value is -1.37. The molecule has 0 atom stereocenters. The van der Waals surface area contributed by atoms with Crippen LogP contribution in [0.15, 0.2) is 30.3 Å². The average molecular weight is 353 g/mol. The third kappa shape index (κ3) is 3.99. The fourth-order valence-corrected chi connectivity index (χ4v) is 4.48. The number of fused-ring (bicyclic) bond motifs is 1. The summed E-state index contributed by atoms with van der Waals surface area (Å²) in [5.41, 5.74) is 2.58. The molecule has 0 fully saturated rings. The molecule has 6 heteroatoms. The van der Waals surface area contributed by atoms with E-state index >= 15 is 0 Å². The Morgan fingerprint density at radius 3 is 2.33 bits per heavy atom. The molecule has 1 aliphatic rings. The maximum Gasteiger partial charge on any atom is 0.287 e. The molecule has 0 aliphatic carbocycles. The summed E-state index contributed by atoms with van der Waals surface area (Å²) in [6, 6.07) is 7.95. The zero-order chi connectivity index (χ0) is 18.0. The van der Waals surface area contributed by atoms with Gasteiger partial charge in [-0.05, 0) is 32.4 Å². The summed E-state index contributed by atoms with van der Waals surface area (Å²) in [5.74, 6) is -0.124. The van der Waals surface area contributed by atoms with E-state index in [0.29, 0.717) is 13.1 Å². The smallest absolute Gasteiger partial charge is 0.287 e. The van der Waals surface area contributed by atoms with Gasteiger partial charge in [0.15, 0.2) is 0 Å². The van der Waals surface area contributed by atoms with Crippen LogP contribution in [0.1, 0.15) is 40.2 Å². The third-order valence-electron chi connectivity index (χ3n) is 4.34. The van der Waals surface area contributed by atoms with E-state index in [1.54, 1.807) is 0 Å². The zero-order valence-corrected chi connectivity index (χ0v) is 16.1. The second-order valence-electron chi connectivity index (χ2n) is 6.48. The molecule has 1 aromatic carbocycles. The summed E-state index contributed by atoms with van der Waals surface area (Å²) in [4.78, 5) is 2.28. The highest BCUT2D eigenvalue weighted by Crippen LogP contribution is 2.39. The summed E-state index contributed by atoms with van der Waals surface area (Å²) in [5, 5.41) is 1.45. The van der Waals surface area contributed by atoms with Crippen molar-refractivity contribution in [3.05, 3.63) is 35.9 Å². The third-order valence-corrected chi connectivity index (χ3v) is 5.44. The lowest BCUT2D eigenvalue weighted by Crippen LogP contribution is -2.45. The second-order valence-corrected chi connectivity index (χ2v) is 8.03. The Labute approximate surface area is 146 Å². The Kier molecular flexibility index (Phi) is 5.73. The monoisotopic (exact) mass is 352 g/mol. The number of anilines is 1. The van der Waals surface area contributed by atoms with E-state index in [1.807, 2.05) is 44.2 Å². The van der Waals surface area contributed by atoms with Gasteiger partial charge in [-0.25, -0.2) is 0 Å². The molecule has 134 valence electrons.